The molecule has 3 N–H and O–H groups in total. The molecule has 0 saturated heterocycles. The van der Waals surface area contributed by atoms with Gasteiger partial charge in [-0.2, -0.15) is 0 Å². The van der Waals surface area contributed by atoms with Crippen molar-refractivity contribution in [3.8, 4) is 17.2 Å². The molecule has 0 aliphatic rings. The average Bonchev–Trinajstić information content (AvgIpc) is 2.87. The Bertz CT molecular complexity index is 1170. The van der Waals surface area contributed by atoms with Crippen molar-refractivity contribution >= 4 is 0 Å². The maximum Gasteiger partial charge on any atom is 0.115 e. The Morgan fingerprint density at radius 3 is 0.971 bits per heavy atom. The molecule has 0 fully saturated rings. The zero-order valence-electron chi connectivity index (χ0n) is 20.0. The van der Waals surface area contributed by atoms with Gasteiger partial charge in [-0.1, -0.05) is 74.5 Å². The molecule has 0 aliphatic heterocycles. The van der Waals surface area contributed by atoms with Crippen molar-refractivity contribution in [2.24, 2.45) is 0 Å². The Kier molecular flexibility index (Phi) is 6.39. The van der Waals surface area contributed by atoms with E-state index in [0.29, 0.717) is 0 Å². The molecular formula is C31H32O3. The summed E-state index contributed by atoms with van der Waals surface area (Å²) >= 11 is 0. The summed E-state index contributed by atoms with van der Waals surface area (Å²) < 4.78 is 0. The van der Waals surface area contributed by atoms with Crippen molar-refractivity contribution in [3.05, 3.63) is 125 Å². The summed E-state index contributed by atoms with van der Waals surface area (Å²) in [5, 5.41) is 29.5. The molecule has 0 aliphatic carbocycles. The standard InChI is InChI=1S/C31H32O3/c1-4-31(5-2,26-14-20-29(34)21-15-26)25-8-6-22(7-9-25)30(3,23-10-16-27(32)17-11-23)24-12-18-28(33)19-13-24/h6-21,32-34H,4-5H2,1-3H3. The molecule has 3 nitrogen and oxygen atoms in total. The quantitative estimate of drug-likeness (QED) is 0.259. The molecule has 0 radical (unpaired) electrons. The van der Waals surface area contributed by atoms with E-state index in [1.807, 2.05) is 36.4 Å². The van der Waals surface area contributed by atoms with E-state index >= 15 is 0 Å². The topological polar surface area (TPSA) is 60.7 Å². The van der Waals surface area contributed by atoms with Crippen molar-refractivity contribution in [2.45, 2.75) is 44.4 Å². The number of rotatable bonds is 7. The molecule has 0 saturated carbocycles. The molecule has 4 aromatic carbocycles. The maximum absolute atomic E-state index is 9.86. The monoisotopic (exact) mass is 452 g/mol. The molecule has 3 heteroatoms. The Morgan fingerprint density at radius 2 is 0.676 bits per heavy atom. The molecule has 174 valence electrons. The largest absolute Gasteiger partial charge is 0.508 e. The van der Waals surface area contributed by atoms with Gasteiger partial charge in [0.25, 0.3) is 0 Å². The van der Waals surface area contributed by atoms with Crippen LogP contribution in [-0.2, 0) is 10.8 Å². The second-order valence-corrected chi connectivity index (χ2v) is 9.13. The van der Waals surface area contributed by atoms with Gasteiger partial charge < -0.3 is 15.3 Å². The van der Waals surface area contributed by atoms with E-state index in [-0.39, 0.29) is 22.7 Å². The molecule has 0 amide bonds. The van der Waals surface area contributed by atoms with E-state index in [4.69, 9.17) is 0 Å². The van der Waals surface area contributed by atoms with E-state index < -0.39 is 5.41 Å². The van der Waals surface area contributed by atoms with Crippen LogP contribution >= 0.6 is 0 Å². The average molecular weight is 453 g/mol. The van der Waals surface area contributed by atoms with Gasteiger partial charge in [-0.15, -0.1) is 0 Å². The van der Waals surface area contributed by atoms with Gasteiger partial charge in [-0.3, -0.25) is 0 Å². The first-order valence-electron chi connectivity index (χ1n) is 11.8. The van der Waals surface area contributed by atoms with Crippen LogP contribution in [0.4, 0.5) is 0 Å². The fourth-order valence-corrected chi connectivity index (χ4v) is 5.23. The van der Waals surface area contributed by atoms with Crippen LogP contribution in [0.25, 0.3) is 0 Å². The fraction of sp³-hybridized carbons (Fsp3) is 0.226. The fourth-order valence-electron chi connectivity index (χ4n) is 5.23. The van der Waals surface area contributed by atoms with Crippen LogP contribution in [0.2, 0.25) is 0 Å². The minimum Gasteiger partial charge on any atom is -0.508 e. The van der Waals surface area contributed by atoms with Gasteiger partial charge in [0.1, 0.15) is 17.2 Å². The maximum atomic E-state index is 9.86. The molecule has 0 heterocycles. The predicted octanol–water partition coefficient (Wildman–Crippen LogP) is 7.26. The zero-order valence-corrected chi connectivity index (χ0v) is 20.0. The molecule has 0 atom stereocenters. The first kappa shape index (κ1) is 23.4. The van der Waals surface area contributed by atoms with Gasteiger partial charge in [0.05, 0.1) is 0 Å². The smallest absolute Gasteiger partial charge is 0.115 e. The van der Waals surface area contributed by atoms with Crippen LogP contribution in [0.1, 0.15) is 61.4 Å². The van der Waals surface area contributed by atoms with Gasteiger partial charge in [0.15, 0.2) is 0 Å². The van der Waals surface area contributed by atoms with E-state index in [1.165, 1.54) is 11.1 Å². The van der Waals surface area contributed by atoms with Crippen LogP contribution in [0.5, 0.6) is 17.2 Å². The Labute approximate surface area is 202 Å². The van der Waals surface area contributed by atoms with E-state index in [1.54, 1.807) is 36.4 Å². The molecule has 34 heavy (non-hydrogen) atoms. The van der Waals surface area contributed by atoms with Crippen molar-refractivity contribution in [2.75, 3.05) is 0 Å². The van der Waals surface area contributed by atoms with Gasteiger partial charge in [0.2, 0.25) is 0 Å². The molecule has 0 aromatic heterocycles. The van der Waals surface area contributed by atoms with Crippen molar-refractivity contribution in [1.82, 2.24) is 0 Å². The number of hydrogen-bond acceptors (Lipinski definition) is 3. The molecular weight excluding hydrogens is 420 g/mol. The van der Waals surface area contributed by atoms with Gasteiger partial charge >= 0.3 is 0 Å². The lowest BCUT2D eigenvalue weighted by molar-refractivity contribution is 0.465. The second kappa shape index (κ2) is 9.26. The normalized spacial score (nSPS) is 12.0. The number of aromatic hydroxyl groups is 3. The minimum absolute atomic E-state index is 0.139. The van der Waals surface area contributed by atoms with Crippen LogP contribution in [0.15, 0.2) is 97.1 Å². The lowest BCUT2D eigenvalue weighted by Crippen LogP contribution is -2.28. The third-order valence-corrected chi connectivity index (χ3v) is 7.53. The van der Waals surface area contributed by atoms with Crippen LogP contribution < -0.4 is 0 Å². The van der Waals surface area contributed by atoms with Gasteiger partial charge in [-0.05, 0) is 84.0 Å². The Balaban J connectivity index is 1.83. The van der Waals surface area contributed by atoms with E-state index in [9.17, 15) is 15.3 Å². The number of phenolic OH excluding ortho intramolecular Hbond substituents is 3. The summed E-state index contributed by atoms with van der Waals surface area (Å²) in [4.78, 5) is 0. The summed E-state index contributed by atoms with van der Waals surface area (Å²) in [5.41, 5.74) is 5.06. The minimum atomic E-state index is -0.473. The lowest BCUT2D eigenvalue weighted by Gasteiger charge is -2.35. The summed E-state index contributed by atoms with van der Waals surface area (Å²) in [7, 11) is 0. The van der Waals surface area contributed by atoms with Crippen LogP contribution in [0, 0.1) is 0 Å². The number of phenols is 3. The Hall–Kier alpha value is -3.72. The molecule has 4 rings (SSSR count). The highest BCUT2D eigenvalue weighted by atomic mass is 16.3. The Morgan fingerprint density at radius 1 is 0.441 bits per heavy atom. The first-order valence-corrected chi connectivity index (χ1v) is 11.8. The summed E-state index contributed by atoms with van der Waals surface area (Å²) in [6.45, 7) is 6.59. The molecule has 4 aromatic rings. The third kappa shape index (κ3) is 4.03. The van der Waals surface area contributed by atoms with Gasteiger partial charge in [0, 0.05) is 10.8 Å². The SMILES string of the molecule is CCC(CC)(c1ccc(O)cc1)c1ccc(C(C)(c2ccc(O)cc2)c2ccc(O)cc2)cc1. The van der Waals surface area contributed by atoms with Gasteiger partial charge in [-0.25, -0.2) is 0 Å². The highest BCUT2D eigenvalue weighted by molar-refractivity contribution is 5.52. The summed E-state index contributed by atoms with van der Waals surface area (Å²) in [6.07, 6.45) is 1.89. The molecule has 0 unspecified atom stereocenters. The third-order valence-electron chi connectivity index (χ3n) is 7.53. The van der Waals surface area contributed by atoms with Crippen LogP contribution in [-0.4, -0.2) is 15.3 Å². The first-order chi connectivity index (χ1) is 16.3. The van der Waals surface area contributed by atoms with E-state index in [2.05, 4.69) is 45.0 Å². The van der Waals surface area contributed by atoms with Crippen molar-refractivity contribution < 1.29 is 15.3 Å². The zero-order chi connectivity index (χ0) is 24.3. The summed E-state index contributed by atoms with van der Waals surface area (Å²) in [5.74, 6) is 0.743. The van der Waals surface area contributed by atoms with Crippen molar-refractivity contribution in [1.29, 1.82) is 0 Å². The predicted molar refractivity (Wildman–Crippen MR) is 138 cm³/mol. The highest BCUT2D eigenvalue weighted by Gasteiger charge is 2.34. The number of hydrogen-bond donors (Lipinski definition) is 3. The molecule has 0 spiro atoms. The second-order valence-electron chi connectivity index (χ2n) is 9.13. The summed E-state index contributed by atoms with van der Waals surface area (Å²) in [6, 6.07) is 31.0. The molecule has 0 bridgehead atoms. The highest BCUT2D eigenvalue weighted by Crippen LogP contribution is 2.43. The lowest BCUT2D eigenvalue weighted by atomic mass is 9.68. The number of benzene rings is 4. The van der Waals surface area contributed by atoms with E-state index in [0.717, 1.165) is 29.5 Å². The van der Waals surface area contributed by atoms with Crippen molar-refractivity contribution in [3.63, 3.8) is 0 Å². The van der Waals surface area contributed by atoms with Crippen LogP contribution in [0.3, 0.4) is 0 Å².